The number of anilines is 1. The Morgan fingerprint density at radius 2 is 2.04 bits per heavy atom. The molecule has 2 aliphatic rings. The molecule has 2 aromatic rings. The fourth-order valence-corrected chi connectivity index (χ4v) is 5.11. The number of hydrogen-bond donors (Lipinski definition) is 1. The molecule has 0 saturated carbocycles. The van der Waals surface area contributed by atoms with Crippen LogP contribution in [0.15, 0.2) is 35.5 Å². The number of nitrogens with zero attached hydrogens (tertiary/aromatic N) is 3. The lowest BCUT2D eigenvalue weighted by molar-refractivity contribution is -0.120. The number of fused-ring (bicyclic) bond motifs is 1. The lowest BCUT2D eigenvalue weighted by atomic mass is 9.97. The largest absolute Gasteiger partial charge is 0.379 e. The van der Waals surface area contributed by atoms with Gasteiger partial charge in [-0.3, -0.25) is 4.79 Å². The maximum atomic E-state index is 12.8. The van der Waals surface area contributed by atoms with Gasteiger partial charge in [-0.2, -0.15) is 4.31 Å². The number of nitrogens with one attached hydrogen (secondary N) is 1. The number of aryl methyl sites for hydroxylation is 1. The van der Waals surface area contributed by atoms with Crippen LogP contribution in [0.2, 0.25) is 5.02 Å². The first-order chi connectivity index (χ1) is 13.4. The molecule has 4 rings (SSSR count). The van der Waals surface area contributed by atoms with Crippen LogP contribution in [-0.2, 0) is 32.5 Å². The van der Waals surface area contributed by atoms with E-state index < -0.39 is 10.0 Å². The van der Waals surface area contributed by atoms with Crippen LogP contribution >= 0.6 is 11.6 Å². The maximum absolute atomic E-state index is 12.8. The Bertz CT molecular complexity index is 985. The summed E-state index contributed by atoms with van der Waals surface area (Å²) in [6.07, 6.45) is 4.87. The zero-order chi connectivity index (χ0) is 19.7. The number of imidazole rings is 1. The number of carbonyl (C=O) groups excluding carboxylic acids is 1. The van der Waals surface area contributed by atoms with Gasteiger partial charge in [-0.05, 0) is 24.6 Å². The molecule has 1 atom stereocenters. The number of ether oxygens (including phenoxy) is 1. The van der Waals surface area contributed by atoms with Gasteiger partial charge in [0.15, 0.2) is 0 Å². The number of morpholine rings is 1. The van der Waals surface area contributed by atoms with E-state index in [2.05, 4.69) is 10.3 Å². The SMILES string of the molecule is O=C(Nc1cc(S(=O)(=O)N2CCOCC2)ccc1Cl)C1CCn2ccnc2C1. The molecule has 3 heterocycles. The highest BCUT2D eigenvalue weighted by Crippen LogP contribution is 2.29. The Morgan fingerprint density at radius 3 is 2.82 bits per heavy atom. The van der Waals surface area contributed by atoms with E-state index in [-0.39, 0.29) is 16.7 Å². The summed E-state index contributed by atoms with van der Waals surface area (Å²) in [5.74, 6) is 0.462. The van der Waals surface area contributed by atoms with E-state index in [0.29, 0.717) is 49.9 Å². The molecule has 1 aromatic heterocycles. The maximum Gasteiger partial charge on any atom is 0.243 e. The van der Waals surface area contributed by atoms with Crippen molar-refractivity contribution in [3.8, 4) is 0 Å². The minimum Gasteiger partial charge on any atom is -0.379 e. The molecule has 2 aliphatic heterocycles. The number of halogens is 1. The van der Waals surface area contributed by atoms with E-state index in [4.69, 9.17) is 16.3 Å². The van der Waals surface area contributed by atoms with Crippen LogP contribution < -0.4 is 5.32 Å². The molecule has 1 N–H and O–H groups in total. The first-order valence-corrected chi connectivity index (χ1v) is 11.0. The van der Waals surface area contributed by atoms with Crippen LogP contribution in [0.5, 0.6) is 0 Å². The Morgan fingerprint density at radius 1 is 1.25 bits per heavy atom. The van der Waals surface area contributed by atoms with Crippen LogP contribution in [0.1, 0.15) is 12.2 Å². The Labute approximate surface area is 168 Å². The van der Waals surface area contributed by atoms with Crippen molar-refractivity contribution in [1.29, 1.82) is 0 Å². The van der Waals surface area contributed by atoms with Gasteiger partial charge in [0.2, 0.25) is 15.9 Å². The second kappa shape index (κ2) is 7.82. The van der Waals surface area contributed by atoms with Gasteiger partial charge in [0.25, 0.3) is 0 Å². The summed E-state index contributed by atoms with van der Waals surface area (Å²) in [5.41, 5.74) is 0.301. The van der Waals surface area contributed by atoms with Crippen molar-refractivity contribution in [3.63, 3.8) is 0 Å². The van der Waals surface area contributed by atoms with Crippen LogP contribution in [0.25, 0.3) is 0 Å². The predicted molar refractivity (Wildman–Crippen MR) is 104 cm³/mol. The molecule has 0 spiro atoms. The van der Waals surface area contributed by atoms with Crippen molar-refractivity contribution < 1.29 is 17.9 Å². The molecule has 0 aliphatic carbocycles. The van der Waals surface area contributed by atoms with Gasteiger partial charge in [0, 0.05) is 44.4 Å². The molecule has 0 bridgehead atoms. The van der Waals surface area contributed by atoms with E-state index in [1.165, 1.54) is 22.5 Å². The molecule has 0 radical (unpaired) electrons. The Kier molecular flexibility index (Phi) is 5.42. The third kappa shape index (κ3) is 3.80. The lowest BCUT2D eigenvalue weighted by Gasteiger charge is -2.26. The number of rotatable bonds is 4. The number of benzene rings is 1. The average molecular weight is 425 g/mol. The highest BCUT2D eigenvalue weighted by atomic mass is 35.5. The molecular formula is C18H21ClN4O4S. The van der Waals surface area contributed by atoms with E-state index in [0.717, 1.165) is 12.4 Å². The van der Waals surface area contributed by atoms with Crippen LogP contribution in [0, 0.1) is 5.92 Å². The van der Waals surface area contributed by atoms with Gasteiger partial charge < -0.3 is 14.6 Å². The zero-order valence-electron chi connectivity index (χ0n) is 15.2. The van der Waals surface area contributed by atoms with Crippen molar-refractivity contribution in [2.24, 2.45) is 5.92 Å². The summed E-state index contributed by atoms with van der Waals surface area (Å²) in [7, 11) is -3.66. The average Bonchev–Trinajstić information content (AvgIpc) is 3.18. The normalized spacial score (nSPS) is 20.5. The standard InChI is InChI=1S/C18H21ClN4O4S/c19-15-2-1-14(28(25,26)23-7-9-27-10-8-23)12-16(15)21-18(24)13-3-5-22-6-4-20-17(22)11-13/h1-2,4,6,12-13H,3,5,7-11H2,(H,21,24). The third-order valence-electron chi connectivity index (χ3n) is 5.12. The summed E-state index contributed by atoms with van der Waals surface area (Å²) < 4.78 is 34.3. The minimum absolute atomic E-state index is 0.105. The molecule has 1 fully saturated rings. The Hall–Kier alpha value is -1.94. The molecule has 1 unspecified atom stereocenters. The van der Waals surface area contributed by atoms with Gasteiger partial charge in [-0.15, -0.1) is 0 Å². The fourth-order valence-electron chi connectivity index (χ4n) is 3.51. The summed E-state index contributed by atoms with van der Waals surface area (Å²) in [4.78, 5) is 17.1. The van der Waals surface area contributed by atoms with Crippen LogP contribution in [0.3, 0.4) is 0 Å². The summed E-state index contributed by atoms with van der Waals surface area (Å²) in [6, 6.07) is 4.38. The fraction of sp³-hybridized carbons (Fsp3) is 0.444. The monoisotopic (exact) mass is 424 g/mol. The van der Waals surface area contributed by atoms with Crippen molar-refractivity contribution >= 4 is 33.2 Å². The molecule has 1 aromatic carbocycles. The number of carbonyl (C=O) groups is 1. The third-order valence-corrected chi connectivity index (χ3v) is 7.35. The number of aromatic nitrogens is 2. The van der Waals surface area contributed by atoms with E-state index >= 15 is 0 Å². The van der Waals surface area contributed by atoms with Crippen molar-refractivity contribution in [1.82, 2.24) is 13.9 Å². The van der Waals surface area contributed by atoms with Gasteiger partial charge in [0.05, 0.1) is 28.8 Å². The summed E-state index contributed by atoms with van der Waals surface area (Å²) in [5, 5.41) is 3.10. The summed E-state index contributed by atoms with van der Waals surface area (Å²) >= 11 is 6.22. The minimum atomic E-state index is -3.66. The first kappa shape index (κ1) is 19.4. The van der Waals surface area contributed by atoms with Gasteiger partial charge in [-0.25, -0.2) is 13.4 Å². The molecule has 10 heteroatoms. The molecule has 1 amide bonds. The second-order valence-electron chi connectivity index (χ2n) is 6.87. The predicted octanol–water partition coefficient (Wildman–Crippen LogP) is 1.76. The van der Waals surface area contributed by atoms with Crippen LogP contribution in [-0.4, -0.2) is 54.5 Å². The quantitative estimate of drug-likeness (QED) is 0.807. The molecule has 1 saturated heterocycles. The van der Waals surface area contributed by atoms with Crippen molar-refractivity contribution in [2.75, 3.05) is 31.6 Å². The zero-order valence-corrected chi connectivity index (χ0v) is 16.7. The van der Waals surface area contributed by atoms with E-state index in [1.807, 2.05) is 10.8 Å². The highest BCUT2D eigenvalue weighted by Gasteiger charge is 2.29. The molecule has 28 heavy (non-hydrogen) atoms. The smallest absolute Gasteiger partial charge is 0.243 e. The van der Waals surface area contributed by atoms with Crippen molar-refractivity contribution in [3.05, 3.63) is 41.4 Å². The number of amides is 1. The molecule has 8 nitrogen and oxygen atoms in total. The van der Waals surface area contributed by atoms with Gasteiger partial charge >= 0.3 is 0 Å². The second-order valence-corrected chi connectivity index (χ2v) is 9.22. The topological polar surface area (TPSA) is 93.5 Å². The number of hydrogen-bond acceptors (Lipinski definition) is 5. The van der Waals surface area contributed by atoms with Crippen molar-refractivity contribution in [2.45, 2.75) is 24.3 Å². The highest BCUT2D eigenvalue weighted by molar-refractivity contribution is 7.89. The lowest BCUT2D eigenvalue weighted by Crippen LogP contribution is -2.40. The Balaban J connectivity index is 1.52. The first-order valence-electron chi connectivity index (χ1n) is 9.13. The van der Waals surface area contributed by atoms with E-state index in [9.17, 15) is 13.2 Å². The van der Waals surface area contributed by atoms with Gasteiger partial charge in [-0.1, -0.05) is 11.6 Å². The molecule has 150 valence electrons. The molecular weight excluding hydrogens is 404 g/mol. The van der Waals surface area contributed by atoms with Gasteiger partial charge in [0.1, 0.15) is 5.82 Å². The summed E-state index contributed by atoms with van der Waals surface area (Å²) in [6.45, 7) is 2.08. The van der Waals surface area contributed by atoms with Crippen LogP contribution in [0.4, 0.5) is 5.69 Å². The number of sulfonamides is 1. The van der Waals surface area contributed by atoms with E-state index in [1.54, 1.807) is 6.20 Å².